The zero-order chi connectivity index (χ0) is 16.8. The molecule has 0 spiro atoms. The van der Waals surface area contributed by atoms with E-state index in [1.807, 2.05) is 37.3 Å². The fourth-order valence-corrected chi connectivity index (χ4v) is 3.49. The van der Waals surface area contributed by atoms with Crippen LogP contribution in [0.5, 0.6) is 5.75 Å². The van der Waals surface area contributed by atoms with Crippen LogP contribution in [-0.4, -0.2) is 16.5 Å². The van der Waals surface area contributed by atoms with E-state index >= 15 is 0 Å². The van der Waals surface area contributed by atoms with E-state index in [4.69, 9.17) is 5.73 Å². The SMILES string of the molecule is Cc1c(Br)cc(C=NN=C(N)SCc2ccccc2)c(O)c1Br. The summed E-state index contributed by atoms with van der Waals surface area (Å²) in [6, 6.07) is 11.8. The van der Waals surface area contributed by atoms with E-state index < -0.39 is 0 Å². The number of phenolic OH excluding ortho intramolecular Hbond substituents is 1. The van der Waals surface area contributed by atoms with Crippen LogP contribution in [-0.2, 0) is 5.75 Å². The lowest BCUT2D eigenvalue weighted by molar-refractivity contribution is 0.470. The zero-order valence-electron chi connectivity index (χ0n) is 12.3. The Morgan fingerprint density at radius 1 is 1.30 bits per heavy atom. The number of hydrogen-bond acceptors (Lipinski definition) is 4. The third kappa shape index (κ3) is 5.09. The van der Waals surface area contributed by atoms with Gasteiger partial charge in [0, 0.05) is 15.8 Å². The Morgan fingerprint density at radius 3 is 2.70 bits per heavy atom. The molecule has 3 N–H and O–H groups in total. The summed E-state index contributed by atoms with van der Waals surface area (Å²) in [4.78, 5) is 0. The molecule has 120 valence electrons. The molecule has 0 aliphatic heterocycles. The number of aromatic hydroxyl groups is 1. The van der Waals surface area contributed by atoms with Crippen molar-refractivity contribution >= 4 is 55.0 Å². The molecule has 2 aromatic carbocycles. The van der Waals surface area contributed by atoms with Gasteiger partial charge < -0.3 is 10.8 Å². The number of thioether (sulfide) groups is 1. The van der Waals surface area contributed by atoms with Crippen molar-refractivity contribution in [3.05, 3.63) is 62.0 Å². The van der Waals surface area contributed by atoms with Gasteiger partial charge in [0.05, 0.1) is 10.7 Å². The minimum absolute atomic E-state index is 0.125. The Morgan fingerprint density at radius 2 is 2.00 bits per heavy atom. The molecule has 2 aromatic rings. The lowest BCUT2D eigenvalue weighted by atomic mass is 10.1. The molecular formula is C16H15Br2N3OS. The van der Waals surface area contributed by atoms with Crippen molar-refractivity contribution in [2.45, 2.75) is 12.7 Å². The summed E-state index contributed by atoms with van der Waals surface area (Å²) < 4.78 is 1.50. The van der Waals surface area contributed by atoms with Crippen molar-refractivity contribution in [2.24, 2.45) is 15.9 Å². The molecular weight excluding hydrogens is 442 g/mol. The number of nitrogens with two attached hydrogens (primary N) is 1. The molecule has 0 amide bonds. The lowest BCUT2D eigenvalue weighted by Gasteiger charge is -2.07. The molecule has 0 fully saturated rings. The predicted octanol–water partition coefficient (Wildman–Crippen LogP) is 4.81. The van der Waals surface area contributed by atoms with Crippen LogP contribution in [0, 0.1) is 6.92 Å². The van der Waals surface area contributed by atoms with E-state index in [2.05, 4.69) is 42.1 Å². The third-order valence-corrected chi connectivity index (χ3v) is 5.68. The van der Waals surface area contributed by atoms with Crippen molar-refractivity contribution in [2.75, 3.05) is 0 Å². The quantitative estimate of drug-likeness (QED) is 0.394. The van der Waals surface area contributed by atoms with Crippen LogP contribution in [0.25, 0.3) is 0 Å². The van der Waals surface area contributed by atoms with Gasteiger partial charge in [0.2, 0.25) is 0 Å². The summed E-state index contributed by atoms with van der Waals surface area (Å²) in [5.41, 5.74) is 8.47. The first-order valence-corrected chi connectivity index (χ1v) is 9.27. The number of phenols is 1. The standard InChI is InChI=1S/C16H15Br2N3OS/c1-10-13(17)7-12(15(22)14(10)18)8-20-21-16(19)23-9-11-5-3-2-4-6-11/h2-8,22H,9H2,1H3,(H2,19,21). The number of amidine groups is 1. The van der Waals surface area contributed by atoms with E-state index in [1.165, 1.54) is 23.5 Å². The number of nitrogens with zero attached hydrogens (tertiary/aromatic N) is 2. The first-order valence-electron chi connectivity index (χ1n) is 6.70. The molecule has 7 heteroatoms. The molecule has 0 bridgehead atoms. The normalized spacial score (nSPS) is 12.0. The highest BCUT2D eigenvalue weighted by atomic mass is 79.9. The lowest BCUT2D eigenvalue weighted by Crippen LogP contribution is -2.06. The number of halogens is 2. The van der Waals surface area contributed by atoms with Crippen LogP contribution in [0.4, 0.5) is 0 Å². The Hall–Kier alpha value is -1.31. The van der Waals surface area contributed by atoms with Gasteiger partial charge in [-0.25, -0.2) is 0 Å². The molecule has 0 aromatic heterocycles. The van der Waals surface area contributed by atoms with Gasteiger partial charge in [-0.05, 0) is 40.0 Å². The van der Waals surface area contributed by atoms with Crippen molar-refractivity contribution in [3.8, 4) is 5.75 Å². The van der Waals surface area contributed by atoms with Gasteiger partial charge in [-0.2, -0.15) is 5.10 Å². The maximum absolute atomic E-state index is 10.1. The maximum Gasteiger partial charge on any atom is 0.180 e. The molecule has 0 radical (unpaired) electrons. The summed E-state index contributed by atoms with van der Waals surface area (Å²) in [6.07, 6.45) is 1.47. The zero-order valence-corrected chi connectivity index (χ0v) is 16.3. The Kier molecular flexibility index (Phi) is 6.68. The van der Waals surface area contributed by atoms with Crippen molar-refractivity contribution < 1.29 is 5.11 Å². The highest BCUT2D eigenvalue weighted by Crippen LogP contribution is 2.35. The van der Waals surface area contributed by atoms with Gasteiger partial charge in [-0.1, -0.05) is 58.0 Å². The largest absolute Gasteiger partial charge is 0.506 e. The van der Waals surface area contributed by atoms with Crippen LogP contribution in [0.1, 0.15) is 16.7 Å². The minimum Gasteiger partial charge on any atom is -0.506 e. The third-order valence-electron chi connectivity index (χ3n) is 3.03. The average molecular weight is 457 g/mol. The predicted molar refractivity (Wildman–Crippen MR) is 105 cm³/mol. The molecule has 0 aliphatic carbocycles. The second kappa shape index (κ2) is 8.52. The van der Waals surface area contributed by atoms with Crippen LogP contribution in [0.2, 0.25) is 0 Å². The number of hydrogen-bond donors (Lipinski definition) is 2. The molecule has 0 aliphatic rings. The van der Waals surface area contributed by atoms with Gasteiger partial charge in [0.1, 0.15) is 5.75 Å². The molecule has 2 rings (SSSR count). The van der Waals surface area contributed by atoms with E-state index in [0.29, 0.717) is 15.2 Å². The molecule has 0 atom stereocenters. The second-order valence-corrected chi connectivity index (χ2v) is 7.34. The van der Waals surface area contributed by atoms with Gasteiger partial charge in [0.15, 0.2) is 5.17 Å². The second-order valence-electron chi connectivity index (χ2n) is 4.69. The maximum atomic E-state index is 10.1. The first kappa shape index (κ1) is 18.0. The van der Waals surface area contributed by atoms with Crippen LogP contribution < -0.4 is 5.73 Å². The molecule has 0 heterocycles. The van der Waals surface area contributed by atoms with E-state index in [-0.39, 0.29) is 5.75 Å². The van der Waals surface area contributed by atoms with Crippen molar-refractivity contribution in [1.29, 1.82) is 0 Å². The highest BCUT2D eigenvalue weighted by Gasteiger charge is 2.10. The Balaban J connectivity index is 2.03. The van der Waals surface area contributed by atoms with Gasteiger partial charge in [0.25, 0.3) is 0 Å². The van der Waals surface area contributed by atoms with Gasteiger partial charge in [-0.15, -0.1) is 5.10 Å². The van der Waals surface area contributed by atoms with E-state index in [0.717, 1.165) is 15.8 Å². The monoisotopic (exact) mass is 455 g/mol. The highest BCUT2D eigenvalue weighted by molar-refractivity contribution is 9.11. The summed E-state index contributed by atoms with van der Waals surface area (Å²) in [6.45, 7) is 1.89. The number of rotatable bonds is 4. The van der Waals surface area contributed by atoms with Gasteiger partial charge >= 0.3 is 0 Å². The van der Waals surface area contributed by atoms with Crippen LogP contribution >= 0.6 is 43.6 Å². The summed E-state index contributed by atoms with van der Waals surface area (Å²) in [5, 5.41) is 18.3. The summed E-state index contributed by atoms with van der Waals surface area (Å²) >= 11 is 8.19. The minimum atomic E-state index is 0.125. The molecule has 0 unspecified atom stereocenters. The van der Waals surface area contributed by atoms with E-state index in [9.17, 15) is 5.11 Å². The molecule has 0 saturated carbocycles. The summed E-state index contributed by atoms with van der Waals surface area (Å²) in [5.74, 6) is 0.860. The summed E-state index contributed by atoms with van der Waals surface area (Å²) in [7, 11) is 0. The van der Waals surface area contributed by atoms with Crippen molar-refractivity contribution in [3.63, 3.8) is 0 Å². The first-order chi connectivity index (χ1) is 11.0. The topological polar surface area (TPSA) is 71.0 Å². The van der Waals surface area contributed by atoms with Crippen LogP contribution in [0.15, 0.2) is 55.5 Å². The fraction of sp³-hybridized carbons (Fsp3) is 0.125. The Bertz CT molecular complexity index is 749. The molecule has 0 saturated heterocycles. The smallest absolute Gasteiger partial charge is 0.180 e. The molecule has 23 heavy (non-hydrogen) atoms. The van der Waals surface area contributed by atoms with E-state index in [1.54, 1.807) is 6.07 Å². The molecule has 4 nitrogen and oxygen atoms in total. The fourth-order valence-electron chi connectivity index (χ4n) is 1.73. The van der Waals surface area contributed by atoms with Crippen LogP contribution in [0.3, 0.4) is 0 Å². The van der Waals surface area contributed by atoms with Crippen molar-refractivity contribution in [1.82, 2.24) is 0 Å². The van der Waals surface area contributed by atoms with Gasteiger partial charge in [-0.3, -0.25) is 0 Å². The number of benzene rings is 2. The Labute approximate surface area is 156 Å². The average Bonchev–Trinajstić information content (AvgIpc) is 2.56.